The van der Waals surface area contributed by atoms with Crippen molar-refractivity contribution in [2.45, 2.75) is 32.8 Å². The second kappa shape index (κ2) is 5.18. The fraction of sp³-hybridized carbons (Fsp3) is 0.857. The molecule has 5 nitrogen and oxygen atoms in total. The Bertz CT molecular complexity index is 256. The average Bonchev–Trinajstić information content (AvgIpc) is 1.99. The molecule has 1 unspecified atom stereocenters. The van der Waals surface area contributed by atoms with Crippen LogP contribution in [0.1, 0.15) is 26.7 Å². The molecule has 0 saturated carbocycles. The molecule has 0 bridgehead atoms. The van der Waals surface area contributed by atoms with Gasteiger partial charge in [-0.15, -0.1) is 0 Å². The monoisotopic (exact) mass is 210 g/mol. The highest BCUT2D eigenvalue weighted by Gasteiger charge is 2.12. The Labute approximate surface area is 77.8 Å². The SMILES string of the molecule is CCC(C)OC(=O)CCS(=O)(=O)O. The molecule has 6 heteroatoms. The highest BCUT2D eigenvalue weighted by Crippen LogP contribution is 1.99. The third-order valence-corrected chi connectivity index (χ3v) is 2.19. The van der Waals surface area contributed by atoms with Crippen LogP contribution in [0.4, 0.5) is 0 Å². The van der Waals surface area contributed by atoms with E-state index >= 15 is 0 Å². The van der Waals surface area contributed by atoms with Crippen LogP contribution < -0.4 is 0 Å². The maximum Gasteiger partial charge on any atom is 0.307 e. The lowest BCUT2D eigenvalue weighted by molar-refractivity contribution is -0.147. The average molecular weight is 210 g/mol. The first-order chi connectivity index (χ1) is 5.85. The van der Waals surface area contributed by atoms with Gasteiger partial charge in [-0.2, -0.15) is 8.42 Å². The van der Waals surface area contributed by atoms with Crippen LogP contribution in [0.2, 0.25) is 0 Å². The van der Waals surface area contributed by atoms with Crippen molar-refractivity contribution in [3.05, 3.63) is 0 Å². The standard InChI is InChI=1S/C7H14O5S/c1-3-6(2)12-7(8)4-5-13(9,10)11/h6H,3-5H2,1-2H3,(H,9,10,11). The van der Waals surface area contributed by atoms with Gasteiger partial charge in [0.05, 0.1) is 18.3 Å². The van der Waals surface area contributed by atoms with Crippen molar-refractivity contribution >= 4 is 16.1 Å². The Kier molecular flexibility index (Phi) is 4.94. The van der Waals surface area contributed by atoms with Crippen molar-refractivity contribution in [1.29, 1.82) is 0 Å². The van der Waals surface area contributed by atoms with Crippen LogP contribution in [-0.4, -0.2) is 30.8 Å². The Balaban J connectivity index is 3.77. The third-order valence-electron chi connectivity index (χ3n) is 1.47. The Morgan fingerprint density at radius 3 is 2.46 bits per heavy atom. The lowest BCUT2D eigenvalue weighted by Gasteiger charge is -2.09. The summed E-state index contributed by atoms with van der Waals surface area (Å²) in [5, 5.41) is 0. The zero-order valence-electron chi connectivity index (χ0n) is 7.69. The van der Waals surface area contributed by atoms with E-state index in [1.807, 2.05) is 6.92 Å². The summed E-state index contributed by atoms with van der Waals surface area (Å²) in [6.45, 7) is 3.56. The zero-order valence-corrected chi connectivity index (χ0v) is 8.50. The summed E-state index contributed by atoms with van der Waals surface area (Å²) in [4.78, 5) is 10.9. The number of hydrogen-bond acceptors (Lipinski definition) is 4. The van der Waals surface area contributed by atoms with E-state index in [-0.39, 0.29) is 12.5 Å². The van der Waals surface area contributed by atoms with E-state index in [0.717, 1.165) is 0 Å². The molecule has 0 radical (unpaired) electrons. The highest BCUT2D eigenvalue weighted by atomic mass is 32.2. The Morgan fingerprint density at radius 1 is 1.54 bits per heavy atom. The van der Waals surface area contributed by atoms with Crippen LogP contribution in [0, 0.1) is 0 Å². The second-order valence-corrected chi connectivity index (χ2v) is 4.32. The molecule has 0 aromatic heterocycles. The van der Waals surface area contributed by atoms with Gasteiger partial charge in [0.15, 0.2) is 0 Å². The number of ether oxygens (including phenoxy) is 1. The predicted octanol–water partition coefficient (Wildman–Crippen LogP) is 0.606. The van der Waals surface area contributed by atoms with E-state index in [2.05, 4.69) is 0 Å². The third kappa shape index (κ3) is 7.73. The maximum absolute atomic E-state index is 10.9. The summed E-state index contributed by atoms with van der Waals surface area (Å²) in [6, 6.07) is 0. The van der Waals surface area contributed by atoms with Gasteiger partial charge in [0, 0.05) is 0 Å². The minimum Gasteiger partial charge on any atom is -0.463 e. The molecule has 0 amide bonds. The molecule has 0 saturated heterocycles. The highest BCUT2D eigenvalue weighted by molar-refractivity contribution is 7.85. The van der Waals surface area contributed by atoms with Crippen LogP contribution >= 0.6 is 0 Å². The molecule has 0 fully saturated rings. The molecule has 1 N–H and O–H groups in total. The number of hydrogen-bond donors (Lipinski definition) is 1. The molecule has 78 valence electrons. The predicted molar refractivity (Wildman–Crippen MR) is 46.9 cm³/mol. The number of carbonyl (C=O) groups is 1. The summed E-state index contributed by atoms with van der Waals surface area (Å²) < 4.78 is 33.6. The summed E-state index contributed by atoms with van der Waals surface area (Å²) in [5.41, 5.74) is 0. The molecule has 0 aliphatic rings. The fourth-order valence-electron chi connectivity index (χ4n) is 0.579. The van der Waals surface area contributed by atoms with Crippen molar-refractivity contribution in [2.75, 3.05) is 5.75 Å². The van der Waals surface area contributed by atoms with Gasteiger partial charge in [-0.05, 0) is 13.3 Å². The first-order valence-corrected chi connectivity index (χ1v) is 5.60. The van der Waals surface area contributed by atoms with Gasteiger partial charge in [0.25, 0.3) is 10.1 Å². The molecular weight excluding hydrogens is 196 g/mol. The van der Waals surface area contributed by atoms with Gasteiger partial charge in [-0.3, -0.25) is 9.35 Å². The van der Waals surface area contributed by atoms with E-state index in [0.29, 0.717) is 6.42 Å². The summed E-state index contributed by atoms with van der Waals surface area (Å²) >= 11 is 0. The Morgan fingerprint density at radius 2 is 2.08 bits per heavy atom. The van der Waals surface area contributed by atoms with Crippen LogP contribution in [0.3, 0.4) is 0 Å². The maximum atomic E-state index is 10.9. The number of esters is 1. The molecule has 1 atom stereocenters. The number of carbonyl (C=O) groups excluding carboxylic acids is 1. The van der Waals surface area contributed by atoms with E-state index in [4.69, 9.17) is 9.29 Å². The van der Waals surface area contributed by atoms with Gasteiger partial charge < -0.3 is 4.74 Å². The summed E-state index contributed by atoms with van der Waals surface area (Å²) in [6.07, 6.45) is 0.162. The topological polar surface area (TPSA) is 80.7 Å². The van der Waals surface area contributed by atoms with Crippen molar-refractivity contribution in [1.82, 2.24) is 0 Å². The summed E-state index contributed by atoms with van der Waals surface area (Å²) in [7, 11) is -4.06. The van der Waals surface area contributed by atoms with Crippen molar-refractivity contribution in [3.63, 3.8) is 0 Å². The van der Waals surface area contributed by atoms with Crippen LogP contribution in [0.15, 0.2) is 0 Å². The van der Waals surface area contributed by atoms with Crippen LogP contribution in [-0.2, 0) is 19.6 Å². The van der Waals surface area contributed by atoms with Crippen LogP contribution in [0.25, 0.3) is 0 Å². The van der Waals surface area contributed by atoms with E-state index in [9.17, 15) is 13.2 Å². The molecule has 13 heavy (non-hydrogen) atoms. The van der Waals surface area contributed by atoms with Gasteiger partial charge in [-0.25, -0.2) is 0 Å². The Hall–Kier alpha value is -0.620. The minimum absolute atomic E-state index is 0.214. The normalized spacial score (nSPS) is 13.8. The van der Waals surface area contributed by atoms with Crippen molar-refractivity contribution < 1.29 is 22.5 Å². The lowest BCUT2D eigenvalue weighted by Crippen LogP contribution is -2.17. The van der Waals surface area contributed by atoms with Gasteiger partial charge >= 0.3 is 5.97 Å². The quantitative estimate of drug-likeness (QED) is 0.531. The van der Waals surface area contributed by atoms with Crippen molar-refractivity contribution in [2.24, 2.45) is 0 Å². The molecule has 0 rings (SSSR count). The van der Waals surface area contributed by atoms with Gasteiger partial charge in [-0.1, -0.05) is 6.92 Å². The molecule has 0 aromatic rings. The fourth-order valence-corrected chi connectivity index (χ4v) is 1.00. The lowest BCUT2D eigenvalue weighted by atomic mass is 10.3. The largest absolute Gasteiger partial charge is 0.463 e. The molecule has 0 aliphatic carbocycles. The minimum atomic E-state index is -4.06. The van der Waals surface area contributed by atoms with E-state index < -0.39 is 21.8 Å². The van der Waals surface area contributed by atoms with E-state index in [1.165, 1.54) is 0 Å². The van der Waals surface area contributed by atoms with Gasteiger partial charge in [0.2, 0.25) is 0 Å². The van der Waals surface area contributed by atoms with Gasteiger partial charge in [0.1, 0.15) is 0 Å². The molecular formula is C7H14O5S. The molecule has 0 heterocycles. The van der Waals surface area contributed by atoms with E-state index in [1.54, 1.807) is 6.92 Å². The second-order valence-electron chi connectivity index (χ2n) is 2.74. The molecule has 0 aliphatic heterocycles. The smallest absolute Gasteiger partial charge is 0.307 e. The van der Waals surface area contributed by atoms with Crippen LogP contribution in [0.5, 0.6) is 0 Å². The zero-order chi connectivity index (χ0) is 10.5. The molecule has 0 aromatic carbocycles. The first-order valence-electron chi connectivity index (χ1n) is 3.99. The van der Waals surface area contributed by atoms with Crippen molar-refractivity contribution in [3.8, 4) is 0 Å². The first kappa shape index (κ1) is 12.4. The summed E-state index contributed by atoms with van der Waals surface area (Å²) in [5.74, 6) is -1.19. The molecule has 0 spiro atoms. The number of rotatable bonds is 5.